The molecule has 5 heteroatoms. The van der Waals surface area contributed by atoms with E-state index in [2.05, 4.69) is 11.8 Å². The maximum Gasteiger partial charge on any atom is 0.319 e. The van der Waals surface area contributed by atoms with Crippen LogP contribution in [0.1, 0.15) is 36.5 Å². The Morgan fingerprint density at radius 3 is 2.43 bits per heavy atom. The van der Waals surface area contributed by atoms with Crippen molar-refractivity contribution in [3.63, 3.8) is 0 Å². The highest BCUT2D eigenvalue weighted by Gasteiger charge is 2.28. The van der Waals surface area contributed by atoms with Crippen molar-refractivity contribution >= 4 is 11.9 Å². The smallest absolute Gasteiger partial charge is 0.319 e. The Morgan fingerprint density at radius 2 is 1.87 bits per heavy atom. The molecule has 0 atom stereocenters. The van der Waals surface area contributed by atoms with Gasteiger partial charge in [-0.2, -0.15) is 0 Å². The molecule has 2 rings (SSSR count). The van der Waals surface area contributed by atoms with E-state index in [1.54, 1.807) is 0 Å². The lowest BCUT2D eigenvalue weighted by Gasteiger charge is -2.38. The molecule has 0 radical (unpaired) electrons. The summed E-state index contributed by atoms with van der Waals surface area (Å²) in [6.07, 6.45) is 2.80. The SMILES string of the molecule is CCCN(CC(=O)OC)C1CCN(C(=O)c2ccccc2)CC1. The summed E-state index contributed by atoms with van der Waals surface area (Å²) in [7, 11) is 1.42. The number of piperidine rings is 1. The summed E-state index contributed by atoms with van der Waals surface area (Å²) in [5, 5.41) is 0. The lowest BCUT2D eigenvalue weighted by molar-refractivity contribution is -0.142. The van der Waals surface area contributed by atoms with Gasteiger partial charge in [0.15, 0.2) is 0 Å². The van der Waals surface area contributed by atoms with Crippen molar-refractivity contribution < 1.29 is 14.3 Å². The second-order valence-electron chi connectivity index (χ2n) is 5.94. The third-order valence-electron chi connectivity index (χ3n) is 4.36. The van der Waals surface area contributed by atoms with Gasteiger partial charge in [-0.15, -0.1) is 0 Å². The van der Waals surface area contributed by atoms with E-state index < -0.39 is 0 Å². The monoisotopic (exact) mass is 318 g/mol. The Bertz CT molecular complexity index is 510. The van der Waals surface area contributed by atoms with E-state index in [0.717, 1.165) is 44.5 Å². The fourth-order valence-corrected chi connectivity index (χ4v) is 3.11. The molecule has 1 aromatic carbocycles. The van der Waals surface area contributed by atoms with Crippen LogP contribution < -0.4 is 0 Å². The summed E-state index contributed by atoms with van der Waals surface area (Å²) >= 11 is 0. The summed E-state index contributed by atoms with van der Waals surface area (Å²) in [5.74, 6) is -0.0969. The first-order valence-corrected chi connectivity index (χ1v) is 8.31. The molecule has 0 unspecified atom stereocenters. The average molecular weight is 318 g/mol. The first-order chi connectivity index (χ1) is 11.2. The van der Waals surface area contributed by atoms with Gasteiger partial charge in [-0.05, 0) is 37.9 Å². The number of nitrogens with zero attached hydrogens (tertiary/aromatic N) is 2. The van der Waals surface area contributed by atoms with Crippen LogP contribution in [0.15, 0.2) is 30.3 Å². The second-order valence-corrected chi connectivity index (χ2v) is 5.94. The molecule has 1 amide bonds. The molecule has 1 fully saturated rings. The molecule has 5 nitrogen and oxygen atoms in total. The molecule has 1 aliphatic rings. The largest absolute Gasteiger partial charge is 0.468 e. The van der Waals surface area contributed by atoms with Crippen molar-refractivity contribution in [3.8, 4) is 0 Å². The Morgan fingerprint density at radius 1 is 1.22 bits per heavy atom. The first-order valence-electron chi connectivity index (χ1n) is 8.31. The molecule has 1 heterocycles. The Kier molecular flexibility index (Phi) is 6.59. The van der Waals surface area contributed by atoms with Gasteiger partial charge < -0.3 is 9.64 Å². The van der Waals surface area contributed by atoms with Crippen molar-refractivity contribution in [3.05, 3.63) is 35.9 Å². The maximum absolute atomic E-state index is 12.5. The topological polar surface area (TPSA) is 49.9 Å². The number of likely N-dealkylation sites (tertiary alicyclic amines) is 1. The standard InChI is InChI=1S/C18H26N2O3/c1-3-11-20(14-17(21)23-2)16-9-12-19(13-10-16)18(22)15-7-5-4-6-8-15/h4-8,16H,3,9-14H2,1-2H3. The fourth-order valence-electron chi connectivity index (χ4n) is 3.11. The molecule has 1 aromatic rings. The van der Waals surface area contributed by atoms with Crippen molar-refractivity contribution in [1.29, 1.82) is 0 Å². The van der Waals surface area contributed by atoms with Crippen LogP contribution in [0.5, 0.6) is 0 Å². The highest BCUT2D eigenvalue weighted by atomic mass is 16.5. The highest BCUT2D eigenvalue weighted by Crippen LogP contribution is 2.19. The zero-order valence-electron chi connectivity index (χ0n) is 14.0. The summed E-state index contributed by atoms with van der Waals surface area (Å²) in [6.45, 7) is 4.80. The van der Waals surface area contributed by atoms with Crippen molar-refractivity contribution in [1.82, 2.24) is 9.80 Å². The van der Waals surface area contributed by atoms with E-state index in [1.807, 2.05) is 35.2 Å². The Labute approximate surface area is 138 Å². The Hall–Kier alpha value is -1.88. The molecule has 126 valence electrons. The second kappa shape index (κ2) is 8.67. The predicted octanol–water partition coefficient (Wildman–Crippen LogP) is 2.18. The zero-order chi connectivity index (χ0) is 16.7. The summed E-state index contributed by atoms with van der Waals surface area (Å²) in [6, 6.07) is 9.75. The molecule has 0 N–H and O–H groups in total. The third-order valence-corrected chi connectivity index (χ3v) is 4.36. The van der Waals surface area contributed by atoms with Gasteiger partial charge in [-0.1, -0.05) is 25.1 Å². The van der Waals surface area contributed by atoms with Crippen molar-refractivity contribution in [2.45, 2.75) is 32.2 Å². The molecule has 0 aromatic heterocycles. The van der Waals surface area contributed by atoms with E-state index in [0.29, 0.717) is 12.6 Å². The van der Waals surface area contributed by atoms with Crippen molar-refractivity contribution in [2.24, 2.45) is 0 Å². The number of benzene rings is 1. The highest BCUT2D eigenvalue weighted by molar-refractivity contribution is 5.94. The van der Waals surface area contributed by atoms with Crippen LogP contribution in [0.2, 0.25) is 0 Å². The fraction of sp³-hybridized carbons (Fsp3) is 0.556. The molecule has 0 bridgehead atoms. The van der Waals surface area contributed by atoms with Crippen molar-refractivity contribution in [2.75, 3.05) is 33.3 Å². The summed E-state index contributed by atoms with van der Waals surface area (Å²) in [5.41, 5.74) is 0.742. The van der Waals surface area contributed by atoms with Crippen LogP contribution in [-0.2, 0) is 9.53 Å². The van der Waals surface area contributed by atoms with Crippen LogP contribution >= 0.6 is 0 Å². The van der Waals surface area contributed by atoms with Crippen LogP contribution in [-0.4, -0.2) is 61.0 Å². The van der Waals surface area contributed by atoms with Gasteiger partial charge in [0, 0.05) is 24.7 Å². The van der Waals surface area contributed by atoms with Gasteiger partial charge in [0.1, 0.15) is 0 Å². The maximum atomic E-state index is 12.5. The van der Waals surface area contributed by atoms with Crippen LogP contribution in [0.3, 0.4) is 0 Å². The number of rotatable bonds is 6. The number of esters is 1. The van der Waals surface area contributed by atoms with Gasteiger partial charge in [-0.3, -0.25) is 14.5 Å². The lowest BCUT2D eigenvalue weighted by Crippen LogP contribution is -2.48. The average Bonchev–Trinajstić information content (AvgIpc) is 2.61. The number of hydrogen-bond donors (Lipinski definition) is 0. The van der Waals surface area contributed by atoms with Gasteiger partial charge in [-0.25, -0.2) is 0 Å². The molecule has 0 aliphatic carbocycles. The van der Waals surface area contributed by atoms with Crippen LogP contribution in [0.25, 0.3) is 0 Å². The van der Waals surface area contributed by atoms with E-state index in [4.69, 9.17) is 4.74 Å². The van der Waals surface area contributed by atoms with Gasteiger partial charge in [0.25, 0.3) is 5.91 Å². The Balaban J connectivity index is 1.91. The van der Waals surface area contributed by atoms with Gasteiger partial charge in [0.05, 0.1) is 13.7 Å². The number of ether oxygens (including phenoxy) is 1. The number of carbonyl (C=O) groups excluding carboxylic acids is 2. The quantitative estimate of drug-likeness (QED) is 0.754. The minimum Gasteiger partial charge on any atom is -0.468 e. The summed E-state index contributed by atoms with van der Waals surface area (Å²) in [4.78, 5) is 28.1. The molecule has 1 aliphatic heterocycles. The zero-order valence-corrected chi connectivity index (χ0v) is 14.0. The van der Waals surface area contributed by atoms with Crippen LogP contribution in [0.4, 0.5) is 0 Å². The molecule has 0 spiro atoms. The number of hydrogen-bond acceptors (Lipinski definition) is 4. The van der Waals surface area contributed by atoms with E-state index in [1.165, 1.54) is 7.11 Å². The lowest BCUT2D eigenvalue weighted by atomic mass is 10.0. The van der Waals surface area contributed by atoms with E-state index in [-0.39, 0.29) is 11.9 Å². The number of methoxy groups -OCH3 is 1. The molecular weight excluding hydrogens is 292 g/mol. The minimum atomic E-state index is -0.193. The van der Waals surface area contributed by atoms with Gasteiger partial charge >= 0.3 is 5.97 Å². The summed E-state index contributed by atoms with van der Waals surface area (Å²) < 4.78 is 4.79. The predicted molar refractivity (Wildman–Crippen MR) is 89.2 cm³/mol. The molecule has 23 heavy (non-hydrogen) atoms. The van der Waals surface area contributed by atoms with Crippen LogP contribution in [0, 0.1) is 0 Å². The van der Waals surface area contributed by atoms with Gasteiger partial charge in [0.2, 0.25) is 0 Å². The first kappa shape index (κ1) is 17.5. The molecule has 1 saturated heterocycles. The molecular formula is C18H26N2O3. The number of carbonyl (C=O) groups is 2. The normalized spacial score (nSPS) is 15.7. The molecule has 0 saturated carbocycles. The van der Waals surface area contributed by atoms with E-state index >= 15 is 0 Å². The minimum absolute atomic E-state index is 0.0964. The third kappa shape index (κ3) is 4.79. The number of amides is 1. The van der Waals surface area contributed by atoms with E-state index in [9.17, 15) is 9.59 Å².